The van der Waals surface area contributed by atoms with E-state index in [1.807, 2.05) is 16.9 Å². The molecule has 0 amide bonds. The molecule has 15 heavy (non-hydrogen) atoms. The fourth-order valence-electron chi connectivity index (χ4n) is 1.54. The van der Waals surface area contributed by atoms with Crippen molar-refractivity contribution in [2.45, 2.75) is 26.2 Å². The summed E-state index contributed by atoms with van der Waals surface area (Å²) in [6, 6.07) is 10.5. The number of rotatable bonds is 1. The Labute approximate surface area is 90.6 Å². The summed E-state index contributed by atoms with van der Waals surface area (Å²) < 4.78 is 1.87. The van der Waals surface area contributed by atoms with Crippen molar-refractivity contribution in [2.24, 2.45) is 0 Å². The van der Waals surface area contributed by atoms with Gasteiger partial charge in [0.1, 0.15) is 0 Å². The Bertz CT molecular complexity index is 419. The maximum atomic E-state index is 4.19. The molecule has 0 aliphatic heterocycles. The molecular formula is C13H16N2. The molecule has 1 aromatic carbocycles. The third kappa shape index (κ3) is 2.09. The lowest BCUT2D eigenvalue weighted by atomic mass is 9.87. The average Bonchev–Trinajstić information content (AvgIpc) is 2.69. The highest BCUT2D eigenvalue weighted by molar-refractivity contribution is 5.36. The summed E-state index contributed by atoms with van der Waals surface area (Å²) in [5, 5.41) is 4.19. The normalized spacial score (nSPS) is 11.7. The first kappa shape index (κ1) is 9.97. The average molecular weight is 200 g/mol. The van der Waals surface area contributed by atoms with Gasteiger partial charge >= 0.3 is 0 Å². The Hall–Kier alpha value is -1.57. The molecule has 0 aliphatic rings. The molecular weight excluding hydrogens is 184 g/mol. The van der Waals surface area contributed by atoms with Gasteiger partial charge in [0.05, 0.1) is 5.69 Å². The molecule has 78 valence electrons. The van der Waals surface area contributed by atoms with Crippen molar-refractivity contribution in [1.82, 2.24) is 9.78 Å². The lowest BCUT2D eigenvalue weighted by Crippen LogP contribution is -2.10. The molecule has 0 atom stereocenters. The van der Waals surface area contributed by atoms with Crippen molar-refractivity contribution in [3.05, 3.63) is 48.3 Å². The van der Waals surface area contributed by atoms with Gasteiger partial charge in [0.15, 0.2) is 0 Å². The highest BCUT2D eigenvalue weighted by Gasteiger charge is 2.12. The summed E-state index contributed by atoms with van der Waals surface area (Å²) in [7, 11) is 0. The van der Waals surface area contributed by atoms with Crippen molar-refractivity contribution in [3.63, 3.8) is 0 Å². The maximum Gasteiger partial charge on any atom is 0.0645 e. The molecule has 0 bridgehead atoms. The van der Waals surface area contributed by atoms with Crippen LogP contribution in [0, 0.1) is 0 Å². The van der Waals surface area contributed by atoms with Gasteiger partial charge in [-0.2, -0.15) is 5.10 Å². The second-order valence-electron chi connectivity index (χ2n) is 4.75. The maximum absolute atomic E-state index is 4.19. The molecule has 2 heteroatoms. The summed E-state index contributed by atoms with van der Waals surface area (Å²) in [6.07, 6.45) is 3.74. The SMILES string of the molecule is CC(C)(C)c1ccc(-n2cccn2)cc1. The first-order valence-corrected chi connectivity index (χ1v) is 5.18. The monoisotopic (exact) mass is 200 g/mol. The quantitative estimate of drug-likeness (QED) is 0.691. The Morgan fingerprint density at radius 3 is 2.20 bits per heavy atom. The Morgan fingerprint density at radius 1 is 1.07 bits per heavy atom. The summed E-state index contributed by atoms with van der Waals surface area (Å²) >= 11 is 0. The van der Waals surface area contributed by atoms with Crippen molar-refractivity contribution >= 4 is 0 Å². The molecule has 0 spiro atoms. The smallest absolute Gasteiger partial charge is 0.0645 e. The van der Waals surface area contributed by atoms with Gasteiger partial charge in [0.25, 0.3) is 0 Å². The van der Waals surface area contributed by atoms with Crippen molar-refractivity contribution < 1.29 is 0 Å². The summed E-state index contributed by atoms with van der Waals surface area (Å²) in [4.78, 5) is 0. The summed E-state index contributed by atoms with van der Waals surface area (Å²) in [5.74, 6) is 0. The van der Waals surface area contributed by atoms with Gasteiger partial charge in [-0.05, 0) is 29.2 Å². The van der Waals surface area contributed by atoms with E-state index in [1.54, 1.807) is 6.20 Å². The molecule has 0 saturated carbocycles. The minimum absolute atomic E-state index is 0.211. The molecule has 0 aliphatic carbocycles. The van der Waals surface area contributed by atoms with E-state index >= 15 is 0 Å². The molecule has 2 nitrogen and oxygen atoms in total. The van der Waals surface area contributed by atoms with Crippen LogP contribution >= 0.6 is 0 Å². The van der Waals surface area contributed by atoms with E-state index in [0.29, 0.717) is 0 Å². The van der Waals surface area contributed by atoms with Gasteiger partial charge < -0.3 is 0 Å². The van der Waals surface area contributed by atoms with E-state index in [1.165, 1.54) is 5.56 Å². The van der Waals surface area contributed by atoms with E-state index in [-0.39, 0.29) is 5.41 Å². The molecule has 0 unspecified atom stereocenters. The van der Waals surface area contributed by atoms with Gasteiger partial charge in [-0.3, -0.25) is 0 Å². The van der Waals surface area contributed by atoms with E-state index in [0.717, 1.165) is 5.69 Å². The Morgan fingerprint density at radius 2 is 1.73 bits per heavy atom. The Balaban J connectivity index is 2.33. The van der Waals surface area contributed by atoms with Crippen LogP contribution < -0.4 is 0 Å². The Kier molecular flexibility index (Phi) is 2.35. The molecule has 1 heterocycles. The number of aromatic nitrogens is 2. The molecule has 0 fully saturated rings. The van der Waals surface area contributed by atoms with Gasteiger partial charge in [0, 0.05) is 12.4 Å². The number of hydrogen-bond acceptors (Lipinski definition) is 1. The van der Waals surface area contributed by atoms with Gasteiger partial charge in [0.2, 0.25) is 0 Å². The predicted octanol–water partition coefficient (Wildman–Crippen LogP) is 3.17. The van der Waals surface area contributed by atoms with E-state index in [2.05, 4.69) is 50.1 Å². The van der Waals surface area contributed by atoms with Gasteiger partial charge in [-0.15, -0.1) is 0 Å². The second-order valence-corrected chi connectivity index (χ2v) is 4.75. The van der Waals surface area contributed by atoms with Crippen molar-refractivity contribution in [3.8, 4) is 5.69 Å². The molecule has 0 radical (unpaired) electrons. The third-order valence-corrected chi connectivity index (χ3v) is 2.50. The minimum atomic E-state index is 0.211. The lowest BCUT2D eigenvalue weighted by molar-refractivity contribution is 0.590. The fraction of sp³-hybridized carbons (Fsp3) is 0.308. The second kappa shape index (κ2) is 3.54. The highest BCUT2D eigenvalue weighted by atomic mass is 15.3. The largest absolute Gasteiger partial charge is 0.241 e. The summed E-state index contributed by atoms with van der Waals surface area (Å²) in [6.45, 7) is 6.65. The van der Waals surface area contributed by atoms with Gasteiger partial charge in [-0.25, -0.2) is 4.68 Å². The van der Waals surface area contributed by atoms with Crippen LogP contribution in [0.4, 0.5) is 0 Å². The first-order chi connectivity index (χ1) is 7.07. The standard InChI is InChI=1S/C13H16N2/c1-13(2,3)11-5-7-12(8-6-11)15-10-4-9-14-15/h4-10H,1-3H3. The zero-order valence-corrected chi connectivity index (χ0v) is 9.44. The van der Waals surface area contributed by atoms with Crippen LogP contribution in [0.15, 0.2) is 42.7 Å². The zero-order chi connectivity index (χ0) is 10.9. The summed E-state index contributed by atoms with van der Waals surface area (Å²) in [5.41, 5.74) is 2.66. The number of benzene rings is 1. The van der Waals surface area contributed by atoms with Crippen LogP contribution in [0.1, 0.15) is 26.3 Å². The molecule has 0 saturated heterocycles. The van der Waals surface area contributed by atoms with E-state index in [4.69, 9.17) is 0 Å². The number of nitrogens with zero attached hydrogens (tertiary/aromatic N) is 2. The van der Waals surface area contributed by atoms with Crippen LogP contribution in [0.2, 0.25) is 0 Å². The van der Waals surface area contributed by atoms with Crippen molar-refractivity contribution in [1.29, 1.82) is 0 Å². The number of hydrogen-bond donors (Lipinski definition) is 0. The highest BCUT2D eigenvalue weighted by Crippen LogP contribution is 2.22. The predicted molar refractivity (Wildman–Crippen MR) is 62.3 cm³/mol. The van der Waals surface area contributed by atoms with Crippen molar-refractivity contribution in [2.75, 3.05) is 0 Å². The van der Waals surface area contributed by atoms with Crippen LogP contribution in [-0.4, -0.2) is 9.78 Å². The third-order valence-electron chi connectivity index (χ3n) is 2.50. The topological polar surface area (TPSA) is 17.8 Å². The van der Waals surface area contributed by atoms with E-state index < -0.39 is 0 Å². The molecule has 0 N–H and O–H groups in total. The lowest BCUT2D eigenvalue weighted by Gasteiger charge is -2.19. The van der Waals surface area contributed by atoms with Crippen LogP contribution in [-0.2, 0) is 5.41 Å². The van der Waals surface area contributed by atoms with Crippen LogP contribution in [0.25, 0.3) is 5.69 Å². The first-order valence-electron chi connectivity index (χ1n) is 5.18. The fourth-order valence-corrected chi connectivity index (χ4v) is 1.54. The molecule has 2 rings (SSSR count). The van der Waals surface area contributed by atoms with E-state index in [9.17, 15) is 0 Å². The molecule has 1 aromatic heterocycles. The minimum Gasteiger partial charge on any atom is -0.241 e. The zero-order valence-electron chi connectivity index (χ0n) is 9.44. The molecule has 2 aromatic rings. The van der Waals surface area contributed by atoms with Crippen LogP contribution in [0.5, 0.6) is 0 Å². The van der Waals surface area contributed by atoms with Gasteiger partial charge in [-0.1, -0.05) is 32.9 Å². The van der Waals surface area contributed by atoms with Crippen LogP contribution in [0.3, 0.4) is 0 Å².